The highest BCUT2D eigenvalue weighted by molar-refractivity contribution is 6.04. The fraction of sp³-hybridized carbons (Fsp3) is 0.0769. The number of aryl methyl sites for hydroxylation is 1. The van der Waals surface area contributed by atoms with Gasteiger partial charge in [-0.25, -0.2) is 0 Å². The summed E-state index contributed by atoms with van der Waals surface area (Å²) in [5, 5.41) is 18.7. The Morgan fingerprint density at radius 2 is 1.72 bits per heavy atom. The minimum absolute atomic E-state index is 0.537. The number of rotatable bonds is 0. The van der Waals surface area contributed by atoms with Gasteiger partial charge < -0.3 is 0 Å². The van der Waals surface area contributed by atoms with E-state index in [-0.39, 0.29) is 0 Å². The van der Waals surface area contributed by atoms with Crippen LogP contribution in [0.25, 0.3) is 27.6 Å². The summed E-state index contributed by atoms with van der Waals surface area (Å²) < 4.78 is 1.93. The summed E-state index contributed by atoms with van der Waals surface area (Å²) in [6, 6.07) is 12.3. The highest BCUT2D eigenvalue weighted by atomic mass is 15.3. The van der Waals surface area contributed by atoms with E-state index in [0.29, 0.717) is 5.78 Å². The van der Waals surface area contributed by atoms with Gasteiger partial charge in [0.2, 0.25) is 0 Å². The molecule has 0 bridgehead atoms. The first kappa shape index (κ1) is 9.47. The standard InChI is InChI=1S/C13H9N5/c1-8-14-16-13-17-15-12-10-5-3-2-4-9(10)6-7-11(12)18(8)13/h2-7H,1H3. The van der Waals surface area contributed by atoms with Crippen LogP contribution in [-0.2, 0) is 0 Å². The monoisotopic (exact) mass is 235 g/mol. The van der Waals surface area contributed by atoms with Gasteiger partial charge in [-0.3, -0.25) is 4.40 Å². The second-order valence-corrected chi connectivity index (χ2v) is 4.24. The molecule has 5 heteroatoms. The first-order valence-electron chi connectivity index (χ1n) is 5.70. The summed E-state index contributed by atoms with van der Waals surface area (Å²) in [6.07, 6.45) is 0. The topological polar surface area (TPSA) is 56.0 Å². The zero-order valence-corrected chi connectivity index (χ0v) is 9.70. The molecule has 0 atom stereocenters. The molecule has 4 aromatic rings. The molecule has 0 aliphatic carbocycles. The predicted octanol–water partition coefficient (Wildman–Crippen LogP) is 2.13. The van der Waals surface area contributed by atoms with Gasteiger partial charge in [0.25, 0.3) is 5.78 Å². The molecule has 2 aromatic carbocycles. The highest BCUT2D eigenvalue weighted by Crippen LogP contribution is 2.23. The lowest BCUT2D eigenvalue weighted by Crippen LogP contribution is -1.97. The number of benzene rings is 2. The highest BCUT2D eigenvalue weighted by Gasteiger charge is 2.09. The fourth-order valence-corrected chi connectivity index (χ4v) is 2.32. The van der Waals surface area contributed by atoms with Crippen LogP contribution in [-0.4, -0.2) is 24.8 Å². The zero-order chi connectivity index (χ0) is 12.1. The summed E-state index contributed by atoms with van der Waals surface area (Å²) in [7, 11) is 0. The van der Waals surface area contributed by atoms with E-state index in [1.54, 1.807) is 0 Å². The van der Waals surface area contributed by atoms with E-state index in [4.69, 9.17) is 0 Å². The molecule has 0 amide bonds. The Hall–Kier alpha value is -2.56. The Morgan fingerprint density at radius 3 is 2.67 bits per heavy atom. The molecule has 86 valence electrons. The van der Waals surface area contributed by atoms with Crippen LogP contribution in [0.15, 0.2) is 36.4 Å². The average molecular weight is 235 g/mol. The van der Waals surface area contributed by atoms with Gasteiger partial charge in [0.15, 0.2) is 0 Å². The van der Waals surface area contributed by atoms with Crippen molar-refractivity contribution in [1.29, 1.82) is 0 Å². The molecule has 0 N–H and O–H groups in total. The Labute approximate surface area is 102 Å². The molecular formula is C13H9N5. The second-order valence-electron chi connectivity index (χ2n) is 4.24. The normalized spacial score (nSPS) is 11.6. The van der Waals surface area contributed by atoms with Crippen molar-refractivity contribution in [2.24, 2.45) is 0 Å². The molecule has 0 saturated carbocycles. The quantitative estimate of drug-likeness (QED) is 0.438. The molecule has 18 heavy (non-hydrogen) atoms. The molecule has 4 rings (SSSR count). The number of nitrogens with zero attached hydrogens (tertiary/aromatic N) is 5. The van der Waals surface area contributed by atoms with E-state index in [0.717, 1.165) is 27.6 Å². The third-order valence-electron chi connectivity index (χ3n) is 3.17. The van der Waals surface area contributed by atoms with Crippen LogP contribution in [0.1, 0.15) is 5.82 Å². The van der Waals surface area contributed by atoms with Crippen LogP contribution in [0, 0.1) is 6.92 Å². The van der Waals surface area contributed by atoms with Crippen molar-refractivity contribution in [2.45, 2.75) is 6.92 Å². The Kier molecular flexibility index (Phi) is 1.70. The van der Waals surface area contributed by atoms with E-state index >= 15 is 0 Å². The van der Waals surface area contributed by atoms with Gasteiger partial charge in [0, 0.05) is 5.39 Å². The minimum atomic E-state index is 0.537. The lowest BCUT2D eigenvalue weighted by atomic mass is 10.1. The Morgan fingerprint density at radius 1 is 0.889 bits per heavy atom. The molecule has 0 fully saturated rings. The van der Waals surface area contributed by atoms with Gasteiger partial charge >= 0.3 is 0 Å². The van der Waals surface area contributed by atoms with Crippen molar-refractivity contribution in [1.82, 2.24) is 24.8 Å². The first-order chi connectivity index (χ1) is 8.84. The van der Waals surface area contributed by atoms with Crippen molar-refractivity contribution in [2.75, 3.05) is 0 Å². The van der Waals surface area contributed by atoms with E-state index in [2.05, 4.69) is 38.6 Å². The third-order valence-corrected chi connectivity index (χ3v) is 3.17. The van der Waals surface area contributed by atoms with Crippen LogP contribution in [0.4, 0.5) is 0 Å². The molecule has 0 saturated heterocycles. The maximum atomic E-state index is 4.28. The molecule has 0 unspecified atom stereocenters. The van der Waals surface area contributed by atoms with Gasteiger partial charge in [-0.15, -0.1) is 20.4 Å². The van der Waals surface area contributed by atoms with E-state index < -0.39 is 0 Å². The number of hydrogen-bond acceptors (Lipinski definition) is 4. The molecule has 0 aliphatic rings. The minimum Gasteiger partial charge on any atom is -0.260 e. The SMILES string of the molecule is Cc1nnc2nnc3c4ccccc4ccc3n12. The van der Waals surface area contributed by atoms with Crippen molar-refractivity contribution in [3.63, 3.8) is 0 Å². The van der Waals surface area contributed by atoms with Crippen LogP contribution < -0.4 is 0 Å². The summed E-state index contributed by atoms with van der Waals surface area (Å²) >= 11 is 0. The van der Waals surface area contributed by atoms with Gasteiger partial charge in [-0.1, -0.05) is 30.3 Å². The predicted molar refractivity (Wildman–Crippen MR) is 68.3 cm³/mol. The third kappa shape index (κ3) is 1.10. The maximum absolute atomic E-state index is 4.28. The van der Waals surface area contributed by atoms with E-state index in [9.17, 15) is 0 Å². The molecular weight excluding hydrogens is 226 g/mol. The fourth-order valence-electron chi connectivity index (χ4n) is 2.32. The lowest BCUT2D eigenvalue weighted by molar-refractivity contribution is 1.01. The first-order valence-corrected chi connectivity index (χ1v) is 5.70. The Bertz CT molecular complexity index is 894. The lowest BCUT2D eigenvalue weighted by Gasteiger charge is -2.04. The maximum Gasteiger partial charge on any atom is 0.274 e. The zero-order valence-electron chi connectivity index (χ0n) is 9.70. The van der Waals surface area contributed by atoms with E-state index in [1.807, 2.05) is 29.5 Å². The van der Waals surface area contributed by atoms with Crippen molar-refractivity contribution < 1.29 is 0 Å². The van der Waals surface area contributed by atoms with Gasteiger partial charge in [0.1, 0.15) is 11.3 Å². The number of aromatic nitrogens is 5. The van der Waals surface area contributed by atoms with Crippen molar-refractivity contribution >= 4 is 27.6 Å². The number of hydrogen-bond donors (Lipinski definition) is 0. The van der Waals surface area contributed by atoms with Crippen LogP contribution in [0.2, 0.25) is 0 Å². The molecule has 2 heterocycles. The van der Waals surface area contributed by atoms with Gasteiger partial charge in [0.05, 0.1) is 5.52 Å². The van der Waals surface area contributed by atoms with Crippen molar-refractivity contribution in [3.8, 4) is 0 Å². The van der Waals surface area contributed by atoms with Crippen LogP contribution >= 0.6 is 0 Å². The smallest absolute Gasteiger partial charge is 0.260 e. The molecule has 0 radical (unpaired) electrons. The van der Waals surface area contributed by atoms with Crippen LogP contribution in [0.3, 0.4) is 0 Å². The average Bonchev–Trinajstić information content (AvgIpc) is 2.80. The van der Waals surface area contributed by atoms with Gasteiger partial charge in [-0.05, 0) is 18.4 Å². The summed E-state index contributed by atoms with van der Waals surface area (Å²) in [4.78, 5) is 0. The molecule has 2 aromatic heterocycles. The number of fused-ring (bicyclic) bond motifs is 5. The Balaban J connectivity index is 2.34. The summed E-state index contributed by atoms with van der Waals surface area (Å²) in [5.41, 5.74) is 1.87. The summed E-state index contributed by atoms with van der Waals surface area (Å²) in [6.45, 7) is 1.91. The molecule has 0 aliphatic heterocycles. The van der Waals surface area contributed by atoms with E-state index in [1.165, 1.54) is 0 Å². The second kappa shape index (κ2) is 3.22. The van der Waals surface area contributed by atoms with Crippen molar-refractivity contribution in [3.05, 3.63) is 42.2 Å². The molecule has 5 nitrogen and oxygen atoms in total. The largest absolute Gasteiger partial charge is 0.274 e. The van der Waals surface area contributed by atoms with Crippen LogP contribution in [0.5, 0.6) is 0 Å². The summed E-state index contributed by atoms with van der Waals surface area (Å²) in [5.74, 6) is 1.36. The molecule has 0 spiro atoms. The van der Waals surface area contributed by atoms with Gasteiger partial charge in [-0.2, -0.15) is 0 Å².